The molecule has 0 spiro atoms. The van der Waals surface area contributed by atoms with Gasteiger partial charge in [-0.15, -0.1) is 0 Å². The van der Waals surface area contributed by atoms with Crippen LogP contribution in [0, 0.1) is 11.8 Å². The highest BCUT2D eigenvalue weighted by atomic mass is 35.5. The maximum Gasteiger partial charge on any atom is 0.100 e. The van der Waals surface area contributed by atoms with Crippen LogP contribution in [0.25, 0.3) is 0 Å². The highest BCUT2D eigenvalue weighted by Gasteiger charge is 1.97. The summed E-state index contributed by atoms with van der Waals surface area (Å²) in [4.78, 5) is 4.21. The highest BCUT2D eigenvalue weighted by molar-refractivity contribution is 6.36. The van der Waals surface area contributed by atoms with Crippen molar-refractivity contribution >= 4 is 41.0 Å². The van der Waals surface area contributed by atoms with Crippen LogP contribution in [0.2, 0.25) is 15.1 Å². The molecule has 0 aliphatic rings. The van der Waals surface area contributed by atoms with Crippen LogP contribution in [0.5, 0.6) is 0 Å². The standard InChI is InChI=1S/C16H10Cl3N/c17-14-5-1-3-12(9-14)4-2-8-20-11-13-6-7-15(18)10-16(13)19/h1,3,5-7,9-11H,8H2. The quantitative estimate of drug-likeness (QED) is 0.537. The lowest BCUT2D eigenvalue weighted by Crippen LogP contribution is -1.84. The van der Waals surface area contributed by atoms with Gasteiger partial charge in [-0.05, 0) is 30.3 Å². The molecule has 1 nitrogen and oxygen atoms in total. The third-order valence-electron chi connectivity index (χ3n) is 2.42. The Morgan fingerprint density at radius 2 is 1.80 bits per heavy atom. The number of rotatable bonds is 2. The molecule has 0 aromatic heterocycles. The van der Waals surface area contributed by atoms with Gasteiger partial charge in [0.15, 0.2) is 0 Å². The van der Waals surface area contributed by atoms with Crippen molar-refractivity contribution in [2.45, 2.75) is 0 Å². The van der Waals surface area contributed by atoms with Crippen molar-refractivity contribution in [3.05, 3.63) is 68.7 Å². The third kappa shape index (κ3) is 4.58. The first-order valence-corrected chi connectivity index (χ1v) is 6.98. The average molecular weight is 323 g/mol. The highest BCUT2D eigenvalue weighted by Crippen LogP contribution is 2.19. The molecule has 0 atom stereocenters. The summed E-state index contributed by atoms with van der Waals surface area (Å²) in [6.45, 7) is 0.394. The molecule has 0 unspecified atom stereocenters. The normalized spacial score (nSPS) is 10.3. The second-order valence-electron chi connectivity index (χ2n) is 3.95. The molecule has 0 amide bonds. The van der Waals surface area contributed by atoms with E-state index in [1.54, 1.807) is 18.3 Å². The molecule has 0 N–H and O–H groups in total. The predicted molar refractivity (Wildman–Crippen MR) is 87.3 cm³/mol. The number of hydrogen-bond acceptors (Lipinski definition) is 1. The van der Waals surface area contributed by atoms with Gasteiger partial charge in [0, 0.05) is 27.4 Å². The van der Waals surface area contributed by atoms with Gasteiger partial charge in [-0.1, -0.05) is 58.8 Å². The Hall–Kier alpha value is -1.46. The summed E-state index contributed by atoms with van der Waals surface area (Å²) in [5, 5.41) is 1.85. The van der Waals surface area contributed by atoms with Crippen LogP contribution in [0.4, 0.5) is 0 Å². The Labute approximate surface area is 133 Å². The molecule has 0 aliphatic carbocycles. The minimum atomic E-state index is 0.394. The molecule has 0 heterocycles. The Balaban J connectivity index is 1.98. The smallest absolute Gasteiger partial charge is 0.100 e. The maximum absolute atomic E-state index is 6.03. The van der Waals surface area contributed by atoms with Gasteiger partial charge in [-0.3, -0.25) is 4.99 Å². The Morgan fingerprint density at radius 3 is 2.55 bits per heavy atom. The predicted octanol–water partition coefficient (Wildman–Crippen LogP) is 5.12. The van der Waals surface area contributed by atoms with E-state index < -0.39 is 0 Å². The molecule has 0 bridgehead atoms. The molecule has 0 fully saturated rings. The van der Waals surface area contributed by atoms with Crippen LogP contribution >= 0.6 is 34.8 Å². The fourth-order valence-corrected chi connectivity index (χ4v) is 2.15. The van der Waals surface area contributed by atoms with E-state index in [1.807, 2.05) is 30.3 Å². The second kappa shape index (κ2) is 7.36. The SMILES string of the molecule is Clc1cccc(C#CCN=Cc2ccc(Cl)cc2Cl)c1. The van der Waals surface area contributed by atoms with E-state index in [0.29, 0.717) is 21.6 Å². The van der Waals surface area contributed by atoms with Gasteiger partial charge in [-0.25, -0.2) is 0 Å². The largest absolute Gasteiger partial charge is 0.280 e. The van der Waals surface area contributed by atoms with Gasteiger partial charge >= 0.3 is 0 Å². The summed E-state index contributed by atoms with van der Waals surface area (Å²) < 4.78 is 0. The Morgan fingerprint density at radius 1 is 1.00 bits per heavy atom. The maximum atomic E-state index is 6.03. The van der Waals surface area contributed by atoms with E-state index in [1.165, 1.54) is 0 Å². The summed E-state index contributed by atoms with van der Waals surface area (Å²) in [5.41, 5.74) is 1.69. The summed E-state index contributed by atoms with van der Waals surface area (Å²) in [6.07, 6.45) is 1.69. The van der Waals surface area contributed by atoms with Crippen LogP contribution < -0.4 is 0 Å². The Kier molecular flexibility index (Phi) is 5.49. The van der Waals surface area contributed by atoms with E-state index in [2.05, 4.69) is 16.8 Å². The number of nitrogens with zero attached hydrogens (tertiary/aromatic N) is 1. The van der Waals surface area contributed by atoms with Gasteiger partial charge in [0.1, 0.15) is 6.54 Å². The van der Waals surface area contributed by atoms with Gasteiger partial charge in [0.2, 0.25) is 0 Å². The fourth-order valence-electron chi connectivity index (χ4n) is 1.50. The zero-order chi connectivity index (χ0) is 14.4. The van der Waals surface area contributed by atoms with E-state index in [9.17, 15) is 0 Å². The molecule has 0 saturated carbocycles. The lowest BCUT2D eigenvalue weighted by atomic mass is 10.2. The summed E-state index contributed by atoms with van der Waals surface area (Å²) in [6, 6.07) is 12.7. The van der Waals surface area contributed by atoms with E-state index >= 15 is 0 Å². The summed E-state index contributed by atoms with van der Waals surface area (Å²) >= 11 is 17.7. The first-order chi connectivity index (χ1) is 9.65. The lowest BCUT2D eigenvalue weighted by molar-refractivity contribution is 1.30. The number of aliphatic imine (C=N–C) groups is 1. The van der Waals surface area contributed by atoms with Crippen molar-refractivity contribution < 1.29 is 0 Å². The van der Waals surface area contributed by atoms with Crippen LogP contribution in [0.15, 0.2) is 47.5 Å². The fraction of sp³-hybridized carbons (Fsp3) is 0.0625. The van der Waals surface area contributed by atoms with Gasteiger partial charge in [-0.2, -0.15) is 0 Å². The zero-order valence-electron chi connectivity index (χ0n) is 10.4. The molecule has 2 rings (SSSR count). The van der Waals surface area contributed by atoms with Crippen molar-refractivity contribution in [3.63, 3.8) is 0 Å². The topological polar surface area (TPSA) is 12.4 Å². The minimum Gasteiger partial charge on any atom is -0.280 e. The molecular formula is C16H10Cl3N. The molecule has 2 aromatic rings. The third-order valence-corrected chi connectivity index (χ3v) is 3.22. The van der Waals surface area contributed by atoms with Gasteiger partial charge in [0.25, 0.3) is 0 Å². The number of hydrogen-bond donors (Lipinski definition) is 0. The molecule has 0 aliphatic heterocycles. The Bertz CT molecular complexity index is 696. The first-order valence-electron chi connectivity index (χ1n) is 5.84. The van der Waals surface area contributed by atoms with Crippen molar-refractivity contribution in [2.24, 2.45) is 4.99 Å². The van der Waals surface area contributed by atoms with Crippen LogP contribution in [0.1, 0.15) is 11.1 Å². The summed E-state index contributed by atoms with van der Waals surface area (Å²) in [5.74, 6) is 5.95. The van der Waals surface area contributed by atoms with Crippen molar-refractivity contribution in [2.75, 3.05) is 6.54 Å². The van der Waals surface area contributed by atoms with E-state index in [4.69, 9.17) is 34.8 Å². The number of halogens is 3. The monoisotopic (exact) mass is 321 g/mol. The molecule has 2 aromatic carbocycles. The lowest BCUT2D eigenvalue weighted by Gasteiger charge is -1.97. The second-order valence-corrected chi connectivity index (χ2v) is 5.23. The van der Waals surface area contributed by atoms with E-state index in [0.717, 1.165) is 11.1 Å². The van der Waals surface area contributed by atoms with Crippen LogP contribution in [-0.4, -0.2) is 12.8 Å². The summed E-state index contributed by atoms with van der Waals surface area (Å²) in [7, 11) is 0. The molecule has 100 valence electrons. The van der Waals surface area contributed by atoms with Gasteiger partial charge < -0.3 is 0 Å². The average Bonchev–Trinajstić information content (AvgIpc) is 2.41. The molecule has 0 radical (unpaired) electrons. The van der Waals surface area contributed by atoms with Crippen LogP contribution in [-0.2, 0) is 0 Å². The van der Waals surface area contributed by atoms with Crippen LogP contribution in [0.3, 0.4) is 0 Å². The number of benzene rings is 2. The van der Waals surface area contributed by atoms with Gasteiger partial charge in [0.05, 0.1) is 5.02 Å². The molecular weight excluding hydrogens is 313 g/mol. The van der Waals surface area contributed by atoms with E-state index in [-0.39, 0.29) is 0 Å². The zero-order valence-corrected chi connectivity index (χ0v) is 12.7. The van der Waals surface area contributed by atoms with Crippen molar-refractivity contribution in [1.29, 1.82) is 0 Å². The first kappa shape index (κ1) is 14.9. The minimum absolute atomic E-state index is 0.394. The molecule has 0 saturated heterocycles. The van der Waals surface area contributed by atoms with Crippen molar-refractivity contribution in [3.8, 4) is 11.8 Å². The van der Waals surface area contributed by atoms with Crippen molar-refractivity contribution in [1.82, 2.24) is 0 Å². The molecule has 4 heteroatoms. The molecule has 20 heavy (non-hydrogen) atoms.